The molecule has 0 saturated carbocycles. The van der Waals surface area contributed by atoms with Crippen LogP contribution in [0, 0.1) is 12.7 Å². The second-order valence-corrected chi connectivity index (χ2v) is 7.09. The zero-order valence-corrected chi connectivity index (χ0v) is 16.2. The molecule has 0 bridgehead atoms. The zero-order valence-electron chi connectivity index (χ0n) is 15.4. The smallest absolute Gasteiger partial charge is 0.247 e. The van der Waals surface area contributed by atoms with Crippen LogP contribution >= 0.6 is 11.6 Å². The van der Waals surface area contributed by atoms with Gasteiger partial charge in [0.15, 0.2) is 5.82 Å². The van der Waals surface area contributed by atoms with E-state index in [1.807, 2.05) is 36.1 Å². The highest BCUT2D eigenvalue weighted by molar-refractivity contribution is 6.30. The van der Waals surface area contributed by atoms with Crippen molar-refractivity contribution in [2.45, 2.75) is 6.92 Å². The van der Waals surface area contributed by atoms with E-state index in [2.05, 4.69) is 25.4 Å². The van der Waals surface area contributed by atoms with Crippen LogP contribution in [0.1, 0.15) is 5.56 Å². The van der Waals surface area contributed by atoms with Crippen molar-refractivity contribution in [3.63, 3.8) is 0 Å². The number of piperazine rings is 1. The summed E-state index contributed by atoms with van der Waals surface area (Å²) < 4.78 is 14.0. The average Bonchev–Trinajstić information content (AvgIpc) is 2.72. The van der Waals surface area contributed by atoms with E-state index in [1.54, 1.807) is 18.3 Å². The minimum atomic E-state index is -0.197. The lowest BCUT2D eigenvalue weighted by molar-refractivity contribution is 0.592. The second-order valence-electron chi connectivity index (χ2n) is 6.65. The Balaban J connectivity index is 1.45. The molecular formula is C20H20ClFN6. The molecule has 144 valence electrons. The lowest BCUT2D eigenvalue weighted by atomic mass is 10.2. The predicted molar refractivity (Wildman–Crippen MR) is 110 cm³/mol. The SMILES string of the molecule is Cc1ccc(Cl)cc1Nc1cnnc(N2CCN(c3ccccc3F)CC2)n1. The van der Waals surface area contributed by atoms with E-state index in [-0.39, 0.29) is 5.82 Å². The first kappa shape index (κ1) is 18.4. The number of hydrogen-bond donors (Lipinski definition) is 1. The molecule has 1 N–H and O–H groups in total. The van der Waals surface area contributed by atoms with Gasteiger partial charge in [-0.2, -0.15) is 10.1 Å². The Hall–Kier alpha value is -2.93. The number of nitrogens with one attached hydrogen (secondary N) is 1. The van der Waals surface area contributed by atoms with E-state index in [4.69, 9.17) is 11.6 Å². The summed E-state index contributed by atoms with van der Waals surface area (Å²) in [6, 6.07) is 12.5. The third-order valence-electron chi connectivity index (χ3n) is 4.77. The van der Waals surface area contributed by atoms with Crippen LogP contribution in [0.4, 0.5) is 27.5 Å². The summed E-state index contributed by atoms with van der Waals surface area (Å²) in [5.74, 6) is 0.960. The largest absolute Gasteiger partial charge is 0.366 e. The molecule has 3 aromatic rings. The molecule has 8 heteroatoms. The van der Waals surface area contributed by atoms with Gasteiger partial charge >= 0.3 is 0 Å². The molecule has 0 radical (unpaired) electrons. The molecule has 0 unspecified atom stereocenters. The van der Waals surface area contributed by atoms with Crippen LogP contribution in [0.2, 0.25) is 5.02 Å². The fourth-order valence-corrected chi connectivity index (χ4v) is 3.38. The van der Waals surface area contributed by atoms with Gasteiger partial charge in [0.05, 0.1) is 11.9 Å². The predicted octanol–water partition coefficient (Wildman–Crippen LogP) is 4.04. The number of hydrogen-bond acceptors (Lipinski definition) is 6. The number of nitrogens with zero attached hydrogens (tertiary/aromatic N) is 5. The minimum Gasteiger partial charge on any atom is -0.366 e. The molecule has 1 fully saturated rings. The number of para-hydroxylation sites is 1. The second kappa shape index (κ2) is 7.98. The van der Waals surface area contributed by atoms with Gasteiger partial charge in [0.1, 0.15) is 5.82 Å². The van der Waals surface area contributed by atoms with Crippen LogP contribution in [0.5, 0.6) is 0 Å². The van der Waals surface area contributed by atoms with E-state index < -0.39 is 0 Å². The van der Waals surface area contributed by atoms with Gasteiger partial charge in [-0.25, -0.2) is 4.39 Å². The van der Waals surface area contributed by atoms with Gasteiger partial charge in [-0.3, -0.25) is 0 Å². The van der Waals surface area contributed by atoms with Gasteiger partial charge in [-0.1, -0.05) is 29.8 Å². The molecule has 0 amide bonds. The summed E-state index contributed by atoms with van der Waals surface area (Å²) in [5.41, 5.74) is 2.57. The maximum Gasteiger partial charge on any atom is 0.247 e. The van der Waals surface area contributed by atoms with Crippen LogP contribution in [-0.2, 0) is 0 Å². The van der Waals surface area contributed by atoms with Gasteiger partial charge in [0.2, 0.25) is 5.95 Å². The molecule has 28 heavy (non-hydrogen) atoms. The Morgan fingerprint density at radius 3 is 2.57 bits per heavy atom. The molecule has 1 saturated heterocycles. The average molecular weight is 399 g/mol. The maximum atomic E-state index is 14.0. The standard InChI is InChI=1S/C20H20ClFN6/c1-14-6-7-15(21)12-17(14)24-19-13-23-26-20(25-19)28-10-8-27(9-11-28)18-5-3-2-4-16(18)22/h2-7,12-13H,8-11H2,1H3,(H,24,25,26). The van der Waals surface area contributed by atoms with E-state index in [9.17, 15) is 4.39 Å². The topological polar surface area (TPSA) is 57.2 Å². The van der Waals surface area contributed by atoms with Crippen molar-refractivity contribution in [2.75, 3.05) is 41.3 Å². The van der Waals surface area contributed by atoms with Crippen molar-refractivity contribution in [2.24, 2.45) is 0 Å². The van der Waals surface area contributed by atoms with E-state index in [1.165, 1.54) is 6.07 Å². The molecule has 6 nitrogen and oxygen atoms in total. The van der Waals surface area contributed by atoms with Crippen molar-refractivity contribution in [3.05, 3.63) is 65.1 Å². The van der Waals surface area contributed by atoms with Crippen molar-refractivity contribution in [3.8, 4) is 0 Å². The van der Waals surface area contributed by atoms with E-state index in [0.29, 0.717) is 48.7 Å². The molecule has 0 spiro atoms. The highest BCUT2D eigenvalue weighted by Crippen LogP contribution is 2.24. The van der Waals surface area contributed by atoms with Crippen molar-refractivity contribution < 1.29 is 4.39 Å². The van der Waals surface area contributed by atoms with Crippen molar-refractivity contribution >= 4 is 34.7 Å². The molecule has 1 aliphatic heterocycles. The summed E-state index contributed by atoms with van der Waals surface area (Å²) in [6.07, 6.45) is 1.58. The molecule has 0 atom stereocenters. The van der Waals surface area contributed by atoms with Crippen LogP contribution < -0.4 is 15.1 Å². The number of halogens is 2. The molecule has 1 aliphatic rings. The van der Waals surface area contributed by atoms with Gasteiger partial charge in [-0.05, 0) is 36.8 Å². The Morgan fingerprint density at radius 2 is 1.79 bits per heavy atom. The summed E-state index contributed by atoms with van der Waals surface area (Å²) in [4.78, 5) is 8.68. The molecule has 4 rings (SSSR count). The summed E-state index contributed by atoms with van der Waals surface area (Å²) >= 11 is 6.08. The number of aryl methyl sites for hydroxylation is 1. The lowest BCUT2D eigenvalue weighted by Crippen LogP contribution is -2.47. The van der Waals surface area contributed by atoms with Crippen LogP contribution in [0.15, 0.2) is 48.7 Å². The minimum absolute atomic E-state index is 0.197. The number of aromatic nitrogens is 3. The number of rotatable bonds is 4. The van der Waals surface area contributed by atoms with Crippen LogP contribution in [0.25, 0.3) is 0 Å². The van der Waals surface area contributed by atoms with Gasteiger partial charge in [-0.15, -0.1) is 5.10 Å². The fourth-order valence-electron chi connectivity index (χ4n) is 3.21. The van der Waals surface area contributed by atoms with Gasteiger partial charge in [0, 0.05) is 36.9 Å². The Labute approximate surface area is 168 Å². The first-order valence-corrected chi connectivity index (χ1v) is 9.45. The zero-order chi connectivity index (χ0) is 19.5. The molecule has 2 aromatic carbocycles. The summed E-state index contributed by atoms with van der Waals surface area (Å²) in [7, 11) is 0. The van der Waals surface area contributed by atoms with E-state index in [0.717, 1.165) is 11.3 Å². The number of anilines is 4. The first-order valence-electron chi connectivity index (χ1n) is 9.07. The number of benzene rings is 2. The molecule has 0 aliphatic carbocycles. The summed E-state index contributed by atoms with van der Waals surface area (Å²) in [6.45, 7) is 4.76. The molecule has 2 heterocycles. The monoisotopic (exact) mass is 398 g/mol. The van der Waals surface area contributed by atoms with E-state index >= 15 is 0 Å². The third kappa shape index (κ3) is 3.99. The Morgan fingerprint density at radius 1 is 1.04 bits per heavy atom. The Kier molecular flexibility index (Phi) is 5.25. The maximum absolute atomic E-state index is 14.0. The fraction of sp³-hybridized carbons (Fsp3) is 0.250. The van der Waals surface area contributed by atoms with Crippen molar-refractivity contribution in [1.29, 1.82) is 0 Å². The van der Waals surface area contributed by atoms with Crippen LogP contribution in [0.3, 0.4) is 0 Å². The third-order valence-corrected chi connectivity index (χ3v) is 5.00. The van der Waals surface area contributed by atoms with Crippen LogP contribution in [-0.4, -0.2) is 41.4 Å². The van der Waals surface area contributed by atoms with Gasteiger partial charge in [0.25, 0.3) is 0 Å². The normalized spacial score (nSPS) is 14.2. The van der Waals surface area contributed by atoms with Gasteiger partial charge < -0.3 is 15.1 Å². The quantitative estimate of drug-likeness (QED) is 0.715. The lowest BCUT2D eigenvalue weighted by Gasteiger charge is -2.36. The molecule has 1 aromatic heterocycles. The molecular weight excluding hydrogens is 379 g/mol. The Bertz CT molecular complexity index is 974. The highest BCUT2D eigenvalue weighted by atomic mass is 35.5. The van der Waals surface area contributed by atoms with Crippen molar-refractivity contribution in [1.82, 2.24) is 15.2 Å². The first-order chi connectivity index (χ1) is 13.6. The highest BCUT2D eigenvalue weighted by Gasteiger charge is 2.21. The summed E-state index contributed by atoms with van der Waals surface area (Å²) in [5, 5.41) is 12.1.